The lowest BCUT2D eigenvalue weighted by Crippen LogP contribution is -2.39. The van der Waals surface area contributed by atoms with Gasteiger partial charge in [0.15, 0.2) is 0 Å². The summed E-state index contributed by atoms with van der Waals surface area (Å²) in [5, 5.41) is 9.14. The number of esters is 3. The van der Waals surface area contributed by atoms with Gasteiger partial charge in [0, 0.05) is 19.3 Å². The van der Waals surface area contributed by atoms with E-state index in [1.807, 2.05) is 0 Å². The van der Waals surface area contributed by atoms with Crippen LogP contribution in [0.4, 0.5) is 0 Å². The Hall–Kier alpha value is -5.41. The minimum atomic E-state index is -4.98. The lowest BCUT2D eigenvalue weighted by Gasteiger charge is -2.35. The molecule has 0 saturated carbocycles. The maximum atomic E-state index is 16.0. The molecule has 0 fully saturated rings. The molecule has 0 aliphatic heterocycles. The molecule has 74 heavy (non-hydrogen) atoms. The third kappa shape index (κ3) is 21.8. The fourth-order valence-corrected chi connectivity index (χ4v) is 10.4. The predicted octanol–water partition coefficient (Wildman–Crippen LogP) is 12.3. The van der Waals surface area contributed by atoms with Gasteiger partial charge in [-0.1, -0.05) is 134 Å². The van der Waals surface area contributed by atoms with Crippen molar-refractivity contribution in [1.82, 2.24) is 16.0 Å². The second-order valence-electron chi connectivity index (χ2n) is 18.9. The summed E-state index contributed by atoms with van der Waals surface area (Å²) in [5.41, 5.74) is 1.89. The van der Waals surface area contributed by atoms with Crippen molar-refractivity contribution in [3.8, 4) is 0 Å². The van der Waals surface area contributed by atoms with E-state index in [2.05, 4.69) is 36.7 Å². The van der Waals surface area contributed by atoms with E-state index in [-0.39, 0.29) is 53.7 Å². The number of ether oxygens (including phenoxy) is 3. The summed E-state index contributed by atoms with van der Waals surface area (Å²) in [5.74, 6) is -2.77. The molecule has 410 valence electrons. The molecule has 17 heteroatoms. The van der Waals surface area contributed by atoms with Gasteiger partial charge >= 0.3 is 25.7 Å². The third-order valence-corrected chi connectivity index (χ3v) is 14.5. The first kappa shape index (κ1) is 62.9. The zero-order valence-electron chi connectivity index (χ0n) is 45.4. The van der Waals surface area contributed by atoms with Gasteiger partial charge in [0.05, 0.1) is 74.5 Å². The number of phosphoric ester groups is 1. The van der Waals surface area contributed by atoms with Gasteiger partial charge in [-0.25, -0.2) is 18.9 Å². The Bertz CT molecular complexity index is 2030. The third-order valence-electron chi connectivity index (χ3n) is 12.8. The number of hydrogen-bond acceptors (Lipinski definition) is 13. The van der Waals surface area contributed by atoms with Crippen LogP contribution in [-0.4, -0.2) is 75.3 Å². The molecule has 0 aliphatic carbocycles. The number of benzene rings is 3. The van der Waals surface area contributed by atoms with Crippen LogP contribution in [0.15, 0.2) is 72.8 Å². The van der Waals surface area contributed by atoms with Gasteiger partial charge < -0.3 is 30.2 Å². The number of carbonyl (C=O) groups excluding carboxylic acids is 6. The standard InChI is InChI=1S/C57H84N3O13P/c1-10-13-16-19-22-34-49(61)58-52(43-28-25-31-46(37-43)55(64)68-7)40(4)71-74(67,72-41(5)53(59-50(62)35-23-20-17-14-11-2)44-29-26-32-47(38-44)56(65)69-8)73-42(6)54(60-51(63)36-24-21-18-15-12-3)45-30-27-33-48(39-45)57(66)70-9/h25-33,37-42,52-54H,10-24,34-36H2,1-9H3,(H,58,61)(H,59,62)(H,60,63). The first-order valence-electron chi connectivity index (χ1n) is 26.6. The van der Waals surface area contributed by atoms with E-state index >= 15 is 4.57 Å². The van der Waals surface area contributed by atoms with Crippen LogP contribution in [0.2, 0.25) is 0 Å². The van der Waals surface area contributed by atoms with Crippen LogP contribution in [0.5, 0.6) is 0 Å². The van der Waals surface area contributed by atoms with E-state index in [9.17, 15) is 28.8 Å². The van der Waals surface area contributed by atoms with Crippen molar-refractivity contribution < 1.29 is 61.1 Å². The Morgan fingerprint density at radius 1 is 0.419 bits per heavy atom. The molecular weight excluding hydrogens is 966 g/mol. The summed E-state index contributed by atoms with van der Waals surface area (Å²) < 4.78 is 50.6. The molecule has 16 nitrogen and oxygen atoms in total. The van der Waals surface area contributed by atoms with E-state index in [1.54, 1.807) is 93.6 Å². The van der Waals surface area contributed by atoms with Crippen LogP contribution < -0.4 is 16.0 Å². The highest BCUT2D eigenvalue weighted by Gasteiger charge is 2.41. The van der Waals surface area contributed by atoms with Crippen molar-refractivity contribution in [2.24, 2.45) is 0 Å². The summed E-state index contributed by atoms with van der Waals surface area (Å²) in [6.07, 6.45) is 10.6. The molecule has 0 aromatic heterocycles. The lowest BCUT2D eigenvalue weighted by molar-refractivity contribution is -0.123. The molecule has 0 spiro atoms. The van der Waals surface area contributed by atoms with E-state index in [1.165, 1.54) is 21.3 Å². The first-order valence-corrected chi connectivity index (χ1v) is 28.1. The normalized spacial score (nSPS) is 14.5. The second-order valence-corrected chi connectivity index (χ2v) is 20.4. The van der Waals surface area contributed by atoms with E-state index in [0.717, 1.165) is 77.0 Å². The molecule has 3 aromatic rings. The molecule has 3 aromatic carbocycles. The van der Waals surface area contributed by atoms with Gasteiger partial charge in [-0.2, -0.15) is 0 Å². The van der Waals surface area contributed by atoms with Crippen LogP contribution >= 0.6 is 7.82 Å². The average molecular weight is 1050 g/mol. The molecule has 0 aliphatic rings. The Balaban J connectivity index is 2.22. The Morgan fingerprint density at radius 2 is 0.676 bits per heavy atom. The number of rotatable bonds is 36. The largest absolute Gasteiger partial charge is 0.475 e. The molecule has 0 saturated heterocycles. The van der Waals surface area contributed by atoms with Crippen molar-refractivity contribution >= 4 is 43.5 Å². The molecule has 3 amide bonds. The smallest absolute Gasteiger partial charge is 0.465 e. The number of hydrogen-bond donors (Lipinski definition) is 3. The average Bonchev–Trinajstić information content (AvgIpc) is 3.39. The fourth-order valence-electron chi connectivity index (χ4n) is 8.62. The van der Waals surface area contributed by atoms with Gasteiger partial charge in [-0.05, 0) is 93.1 Å². The van der Waals surface area contributed by atoms with Crippen LogP contribution in [-0.2, 0) is 46.7 Å². The maximum Gasteiger partial charge on any atom is 0.475 e. The van der Waals surface area contributed by atoms with Gasteiger partial charge in [0.2, 0.25) is 17.7 Å². The molecule has 0 radical (unpaired) electrons. The van der Waals surface area contributed by atoms with E-state index < -0.39 is 62.2 Å². The first-order chi connectivity index (χ1) is 35.5. The minimum absolute atomic E-state index is 0.192. The van der Waals surface area contributed by atoms with Crippen LogP contribution in [0.3, 0.4) is 0 Å². The zero-order chi connectivity index (χ0) is 54.5. The van der Waals surface area contributed by atoms with Crippen molar-refractivity contribution in [3.05, 3.63) is 106 Å². The maximum absolute atomic E-state index is 16.0. The molecule has 0 bridgehead atoms. The topological polar surface area (TPSA) is 211 Å². The number of methoxy groups -OCH3 is 3. The zero-order valence-corrected chi connectivity index (χ0v) is 46.3. The van der Waals surface area contributed by atoms with Crippen LogP contribution in [0.25, 0.3) is 0 Å². The summed E-state index contributed by atoms with van der Waals surface area (Å²) in [4.78, 5) is 79.7. The number of amides is 3. The highest BCUT2D eigenvalue weighted by Crippen LogP contribution is 2.56. The summed E-state index contributed by atoms with van der Waals surface area (Å²) in [7, 11) is -1.20. The van der Waals surface area contributed by atoms with E-state index in [4.69, 9.17) is 27.8 Å². The number of unbranched alkanes of at least 4 members (excludes halogenated alkanes) is 12. The lowest BCUT2D eigenvalue weighted by atomic mass is 9.99. The SMILES string of the molecule is CCCCCCCC(=O)NC(c1cccc(C(=O)OC)c1)C(C)OP(=O)(OC(C)C(NC(=O)CCCCCCC)c1cccc(C(=O)OC)c1)OC(C)C(NC(=O)CCCCCCC)c1cccc(C(=O)OC)c1. The summed E-state index contributed by atoms with van der Waals surface area (Å²) in [6, 6.07) is 16.3. The number of nitrogens with one attached hydrogen (secondary N) is 3. The van der Waals surface area contributed by atoms with E-state index in [0.29, 0.717) is 36.0 Å². The Morgan fingerprint density at radius 3 is 0.919 bits per heavy atom. The molecule has 3 rings (SSSR count). The Kier molecular flexibility index (Phi) is 29.1. The molecule has 0 heterocycles. The minimum Gasteiger partial charge on any atom is -0.465 e. The van der Waals surface area contributed by atoms with Gasteiger partial charge in [0.1, 0.15) is 0 Å². The fraction of sp³-hybridized carbons (Fsp3) is 0.579. The van der Waals surface area contributed by atoms with Crippen molar-refractivity contribution in [2.75, 3.05) is 21.3 Å². The second kappa shape index (κ2) is 34.2. The van der Waals surface area contributed by atoms with Crippen molar-refractivity contribution in [2.45, 2.75) is 194 Å². The van der Waals surface area contributed by atoms with Gasteiger partial charge in [0.25, 0.3) is 0 Å². The van der Waals surface area contributed by atoms with Gasteiger partial charge in [-0.3, -0.25) is 28.0 Å². The molecule has 6 atom stereocenters. The Labute approximate surface area is 440 Å². The highest BCUT2D eigenvalue weighted by atomic mass is 31.2. The van der Waals surface area contributed by atoms with Crippen LogP contribution in [0, 0.1) is 0 Å². The quantitative estimate of drug-likeness (QED) is 0.0214. The number of carbonyl (C=O) groups is 6. The predicted molar refractivity (Wildman–Crippen MR) is 285 cm³/mol. The van der Waals surface area contributed by atoms with Gasteiger partial charge in [-0.15, -0.1) is 0 Å². The van der Waals surface area contributed by atoms with Crippen LogP contribution in [0.1, 0.15) is 223 Å². The van der Waals surface area contributed by atoms with Crippen molar-refractivity contribution in [1.29, 1.82) is 0 Å². The van der Waals surface area contributed by atoms with Crippen molar-refractivity contribution in [3.63, 3.8) is 0 Å². The number of phosphoric acid groups is 1. The summed E-state index contributed by atoms with van der Waals surface area (Å²) >= 11 is 0. The molecular formula is C57H84N3O13P. The molecule has 3 N–H and O–H groups in total. The summed E-state index contributed by atoms with van der Waals surface area (Å²) in [6.45, 7) is 11.1. The highest BCUT2D eigenvalue weighted by molar-refractivity contribution is 7.48. The molecule has 6 unspecified atom stereocenters. The monoisotopic (exact) mass is 1050 g/mol.